The summed E-state index contributed by atoms with van der Waals surface area (Å²) in [6, 6.07) is 7.89. The molecule has 1 saturated heterocycles. The van der Waals surface area contributed by atoms with E-state index >= 15 is 0 Å². The number of nitrogens with two attached hydrogens (primary N) is 1. The lowest BCUT2D eigenvalue weighted by Gasteiger charge is -2.19. The van der Waals surface area contributed by atoms with Crippen LogP contribution in [0.2, 0.25) is 0 Å². The Morgan fingerprint density at radius 2 is 2.15 bits per heavy atom. The van der Waals surface area contributed by atoms with Gasteiger partial charge < -0.3 is 15.1 Å². The minimum absolute atomic E-state index is 0.187. The lowest BCUT2D eigenvalue weighted by atomic mass is 10.0. The van der Waals surface area contributed by atoms with E-state index in [1.165, 1.54) is 5.56 Å². The molecule has 1 aliphatic rings. The van der Waals surface area contributed by atoms with Gasteiger partial charge in [0.05, 0.1) is 5.69 Å². The van der Waals surface area contributed by atoms with Crippen LogP contribution >= 0.6 is 0 Å². The van der Waals surface area contributed by atoms with Crippen LogP contribution in [0.5, 0.6) is 0 Å². The first kappa shape index (κ1) is 13.2. The van der Waals surface area contributed by atoms with Crippen molar-refractivity contribution < 1.29 is 4.42 Å². The third kappa shape index (κ3) is 2.31. The summed E-state index contributed by atoms with van der Waals surface area (Å²) in [6.45, 7) is 5.95. The number of hydrogen-bond acceptors (Lipinski definition) is 4. The molecule has 4 nitrogen and oxygen atoms in total. The Bertz CT molecular complexity index is 690. The van der Waals surface area contributed by atoms with Gasteiger partial charge in [-0.05, 0) is 30.0 Å². The minimum atomic E-state index is -0.297. The maximum absolute atomic E-state index is 11.8. The van der Waals surface area contributed by atoms with Crippen LogP contribution in [0.25, 0.3) is 11.0 Å². The number of benzene rings is 1. The molecule has 3 rings (SSSR count). The molecule has 1 unspecified atom stereocenters. The van der Waals surface area contributed by atoms with Crippen LogP contribution < -0.4 is 16.3 Å². The Hall–Kier alpha value is -1.81. The van der Waals surface area contributed by atoms with Gasteiger partial charge in [0.15, 0.2) is 0 Å². The molecule has 0 aliphatic carbocycles. The summed E-state index contributed by atoms with van der Waals surface area (Å²) in [6.07, 6.45) is 0.964. The molecular formula is C16H20N2O2. The Morgan fingerprint density at radius 1 is 1.35 bits per heavy atom. The highest BCUT2D eigenvalue weighted by molar-refractivity contribution is 5.90. The summed E-state index contributed by atoms with van der Waals surface area (Å²) in [5.41, 5.74) is 8.45. The molecular weight excluding hydrogens is 252 g/mol. The second kappa shape index (κ2) is 4.94. The summed E-state index contributed by atoms with van der Waals surface area (Å²) in [4.78, 5) is 14.0. The summed E-state index contributed by atoms with van der Waals surface area (Å²) in [5, 5.41) is 0.989. The van der Waals surface area contributed by atoms with Crippen molar-refractivity contribution in [1.82, 2.24) is 0 Å². The number of rotatable bonds is 2. The molecule has 2 N–H and O–H groups in total. The van der Waals surface area contributed by atoms with Crippen LogP contribution in [0.4, 0.5) is 5.69 Å². The van der Waals surface area contributed by atoms with E-state index in [0.717, 1.165) is 30.6 Å². The second-order valence-electron chi connectivity index (χ2n) is 5.86. The Morgan fingerprint density at radius 3 is 2.80 bits per heavy atom. The van der Waals surface area contributed by atoms with Crippen LogP contribution in [-0.4, -0.2) is 19.1 Å². The predicted molar refractivity (Wildman–Crippen MR) is 81.4 cm³/mol. The first-order valence-electron chi connectivity index (χ1n) is 7.13. The number of hydrogen-bond donors (Lipinski definition) is 1. The molecule has 2 aromatic rings. The van der Waals surface area contributed by atoms with Crippen molar-refractivity contribution in [1.29, 1.82) is 0 Å². The average Bonchev–Trinajstić information content (AvgIpc) is 2.83. The number of anilines is 1. The van der Waals surface area contributed by atoms with E-state index in [-0.39, 0.29) is 11.7 Å². The molecule has 2 heterocycles. The third-order valence-corrected chi connectivity index (χ3v) is 3.98. The van der Waals surface area contributed by atoms with E-state index in [2.05, 4.69) is 24.8 Å². The smallest absolute Gasteiger partial charge is 0.338 e. The van der Waals surface area contributed by atoms with Crippen molar-refractivity contribution in [3.05, 3.63) is 40.2 Å². The molecule has 0 saturated carbocycles. The zero-order valence-corrected chi connectivity index (χ0v) is 11.9. The van der Waals surface area contributed by atoms with Gasteiger partial charge in [-0.2, -0.15) is 0 Å². The van der Waals surface area contributed by atoms with Crippen LogP contribution in [0.1, 0.15) is 31.7 Å². The molecule has 4 heteroatoms. The van der Waals surface area contributed by atoms with E-state index in [9.17, 15) is 4.79 Å². The first-order valence-corrected chi connectivity index (χ1v) is 7.13. The van der Waals surface area contributed by atoms with Gasteiger partial charge >= 0.3 is 5.63 Å². The zero-order valence-electron chi connectivity index (χ0n) is 11.9. The second-order valence-corrected chi connectivity index (χ2v) is 5.86. The molecule has 1 fully saturated rings. The van der Waals surface area contributed by atoms with Gasteiger partial charge in [0.25, 0.3) is 0 Å². The van der Waals surface area contributed by atoms with E-state index in [4.69, 9.17) is 10.2 Å². The first-order chi connectivity index (χ1) is 9.54. The summed E-state index contributed by atoms with van der Waals surface area (Å²) in [7, 11) is 0. The monoisotopic (exact) mass is 272 g/mol. The lowest BCUT2D eigenvalue weighted by molar-refractivity contribution is 0.560. The fourth-order valence-corrected chi connectivity index (χ4v) is 2.79. The maximum Gasteiger partial charge on any atom is 0.338 e. The normalized spacial score (nSPS) is 19.2. The van der Waals surface area contributed by atoms with E-state index < -0.39 is 0 Å². The standard InChI is InChI=1S/C16H20N2O2/c1-10(2)11-3-4-13-14(18-6-5-12(17)9-18)8-16(19)20-15(13)7-11/h3-4,7-8,10,12H,5-6,9,17H2,1-2H3. The van der Waals surface area contributed by atoms with Crippen molar-refractivity contribution in [2.75, 3.05) is 18.0 Å². The van der Waals surface area contributed by atoms with Crippen molar-refractivity contribution in [2.24, 2.45) is 5.73 Å². The van der Waals surface area contributed by atoms with Gasteiger partial charge in [-0.1, -0.05) is 19.9 Å². The molecule has 1 aliphatic heterocycles. The van der Waals surface area contributed by atoms with E-state index in [1.807, 2.05) is 12.1 Å². The Labute approximate surface area is 118 Å². The van der Waals surface area contributed by atoms with Crippen molar-refractivity contribution >= 4 is 16.7 Å². The summed E-state index contributed by atoms with van der Waals surface area (Å²) < 4.78 is 5.37. The molecule has 1 aromatic heterocycles. The molecule has 106 valence electrons. The quantitative estimate of drug-likeness (QED) is 0.853. The van der Waals surface area contributed by atoms with E-state index in [1.54, 1.807) is 6.07 Å². The summed E-state index contributed by atoms with van der Waals surface area (Å²) in [5.74, 6) is 0.411. The van der Waals surface area contributed by atoms with Gasteiger partial charge in [-0.15, -0.1) is 0 Å². The van der Waals surface area contributed by atoms with Gasteiger partial charge in [-0.3, -0.25) is 0 Å². The molecule has 20 heavy (non-hydrogen) atoms. The van der Waals surface area contributed by atoms with Crippen molar-refractivity contribution in [2.45, 2.75) is 32.2 Å². The van der Waals surface area contributed by atoms with Crippen LogP contribution in [0, 0.1) is 0 Å². The molecule has 0 bridgehead atoms. The molecule has 1 aromatic carbocycles. The zero-order chi connectivity index (χ0) is 14.3. The van der Waals surface area contributed by atoms with Gasteiger partial charge in [0, 0.05) is 30.6 Å². The predicted octanol–water partition coefficient (Wildman–Crippen LogP) is 2.45. The SMILES string of the molecule is CC(C)c1ccc2c(N3CCC(N)C3)cc(=O)oc2c1. The molecule has 0 radical (unpaired) electrons. The van der Waals surface area contributed by atoms with Crippen LogP contribution in [-0.2, 0) is 0 Å². The average molecular weight is 272 g/mol. The highest BCUT2D eigenvalue weighted by Gasteiger charge is 2.22. The fourth-order valence-electron chi connectivity index (χ4n) is 2.79. The topological polar surface area (TPSA) is 59.5 Å². The van der Waals surface area contributed by atoms with Crippen molar-refractivity contribution in [3.8, 4) is 0 Å². The molecule has 0 spiro atoms. The minimum Gasteiger partial charge on any atom is -0.423 e. The largest absolute Gasteiger partial charge is 0.423 e. The number of fused-ring (bicyclic) bond motifs is 1. The Kier molecular flexibility index (Phi) is 3.26. The van der Waals surface area contributed by atoms with E-state index in [0.29, 0.717) is 11.5 Å². The van der Waals surface area contributed by atoms with Gasteiger partial charge in [-0.25, -0.2) is 4.79 Å². The van der Waals surface area contributed by atoms with Gasteiger partial charge in [0.1, 0.15) is 5.58 Å². The van der Waals surface area contributed by atoms with Gasteiger partial charge in [0.2, 0.25) is 0 Å². The summed E-state index contributed by atoms with van der Waals surface area (Å²) >= 11 is 0. The molecule has 1 atom stereocenters. The van der Waals surface area contributed by atoms with Crippen LogP contribution in [0.3, 0.4) is 0 Å². The highest BCUT2D eigenvalue weighted by atomic mass is 16.4. The number of nitrogens with zero attached hydrogens (tertiary/aromatic N) is 1. The lowest BCUT2D eigenvalue weighted by Crippen LogP contribution is -2.27. The maximum atomic E-state index is 11.8. The molecule has 0 amide bonds. The van der Waals surface area contributed by atoms with Crippen LogP contribution in [0.15, 0.2) is 33.5 Å². The highest BCUT2D eigenvalue weighted by Crippen LogP contribution is 2.29. The third-order valence-electron chi connectivity index (χ3n) is 3.98. The van der Waals surface area contributed by atoms with Crippen molar-refractivity contribution in [3.63, 3.8) is 0 Å². The Balaban J connectivity index is 2.14. The fraction of sp³-hybridized carbons (Fsp3) is 0.438.